The van der Waals surface area contributed by atoms with Crippen LogP contribution in [0.1, 0.15) is 0 Å². The first-order chi connectivity index (χ1) is 8.72. The number of rotatable bonds is 2. The Balaban J connectivity index is 1.99. The van der Waals surface area contributed by atoms with Crippen LogP contribution in [-0.4, -0.2) is 14.8 Å². The van der Waals surface area contributed by atoms with E-state index < -0.39 is 0 Å². The minimum Gasteiger partial charge on any atom is -0.399 e. The summed E-state index contributed by atoms with van der Waals surface area (Å²) in [6, 6.07) is 7.77. The van der Waals surface area contributed by atoms with Gasteiger partial charge in [-0.3, -0.25) is 4.68 Å². The van der Waals surface area contributed by atoms with Crippen molar-refractivity contribution in [3.63, 3.8) is 0 Å². The van der Waals surface area contributed by atoms with Gasteiger partial charge in [0, 0.05) is 35.4 Å². The van der Waals surface area contributed by atoms with E-state index in [1.807, 2.05) is 49.1 Å². The van der Waals surface area contributed by atoms with Crippen molar-refractivity contribution in [2.75, 3.05) is 5.73 Å². The molecular formula is C13H12N4S. The molecule has 0 saturated carbocycles. The molecule has 18 heavy (non-hydrogen) atoms. The molecule has 0 saturated heterocycles. The molecule has 0 unspecified atom stereocenters. The maximum absolute atomic E-state index is 5.78. The fraction of sp³-hybridized carbons (Fsp3) is 0.0769. The molecular weight excluding hydrogens is 244 g/mol. The van der Waals surface area contributed by atoms with Gasteiger partial charge in [0.2, 0.25) is 0 Å². The number of anilines is 1. The highest BCUT2D eigenvalue weighted by Gasteiger charge is 2.08. The van der Waals surface area contributed by atoms with Gasteiger partial charge in [-0.25, -0.2) is 4.98 Å². The molecule has 3 aromatic rings. The van der Waals surface area contributed by atoms with E-state index in [0.29, 0.717) is 0 Å². The topological polar surface area (TPSA) is 56.7 Å². The van der Waals surface area contributed by atoms with E-state index in [1.165, 1.54) is 0 Å². The largest absolute Gasteiger partial charge is 0.399 e. The van der Waals surface area contributed by atoms with E-state index in [1.54, 1.807) is 16.0 Å². The third-order valence-corrected chi connectivity index (χ3v) is 3.53. The lowest BCUT2D eigenvalue weighted by Crippen LogP contribution is -1.85. The Morgan fingerprint density at radius 2 is 2.17 bits per heavy atom. The van der Waals surface area contributed by atoms with Crippen molar-refractivity contribution in [1.29, 1.82) is 0 Å². The zero-order valence-electron chi connectivity index (χ0n) is 9.87. The predicted molar refractivity (Wildman–Crippen MR) is 74.2 cm³/mol. The minimum absolute atomic E-state index is 0.755. The van der Waals surface area contributed by atoms with Crippen LogP contribution in [0.2, 0.25) is 0 Å². The molecule has 0 bridgehead atoms. The van der Waals surface area contributed by atoms with Crippen molar-refractivity contribution in [2.45, 2.75) is 0 Å². The van der Waals surface area contributed by atoms with Crippen LogP contribution in [0.4, 0.5) is 5.69 Å². The number of hydrogen-bond acceptors (Lipinski definition) is 4. The Morgan fingerprint density at radius 1 is 1.28 bits per heavy atom. The second-order valence-electron chi connectivity index (χ2n) is 4.07. The quantitative estimate of drug-likeness (QED) is 0.717. The average molecular weight is 256 g/mol. The Morgan fingerprint density at radius 3 is 2.89 bits per heavy atom. The van der Waals surface area contributed by atoms with E-state index in [9.17, 15) is 0 Å². The van der Waals surface area contributed by atoms with E-state index in [2.05, 4.69) is 10.1 Å². The summed E-state index contributed by atoms with van der Waals surface area (Å²) < 4.78 is 1.77. The minimum atomic E-state index is 0.755. The summed E-state index contributed by atoms with van der Waals surface area (Å²) in [5.74, 6) is 0. The Kier molecular flexibility index (Phi) is 2.60. The summed E-state index contributed by atoms with van der Waals surface area (Å²) in [6.45, 7) is 0. The molecule has 5 heteroatoms. The van der Waals surface area contributed by atoms with Gasteiger partial charge in [-0.15, -0.1) is 11.3 Å². The van der Waals surface area contributed by atoms with Gasteiger partial charge < -0.3 is 5.73 Å². The summed E-state index contributed by atoms with van der Waals surface area (Å²) in [5.41, 5.74) is 9.57. The van der Waals surface area contributed by atoms with Crippen molar-refractivity contribution in [3.8, 4) is 21.8 Å². The molecule has 0 amide bonds. The van der Waals surface area contributed by atoms with Gasteiger partial charge in [0.15, 0.2) is 0 Å². The molecule has 90 valence electrons. The highest BCUT2D eigenvalue weighted by Crippen LogP contribution is 2.29. The molecule has 2 heterocycles. The van der Waals surface area contributed by atoms with Crippen LogP contribution in [0, 0.1) is 0 Å². The highest BCUT2D eigenvalue weighted by atomic mass is 32.1. The van der Waals surface area contributed by atoms with Gasteiger partial charge >= 0.3 is 0 Å². The lowest BCUT2D eigenvalue weighted by Gasteiger charge is -1.97. The molecule has 4 nitrogen and oxygen atoms in total. The summed E-state index contributed by atoms with van der Waals surface area (Å²) in [4.78, 5) is 4.61. The SMILES string of the molecule is Cn1cc(-c2csc(-c3cccc(N)c3)n2)cn1. The van der Waals surface area contributed by atoms with Crippen LogP contribution in [0.25, 0.3) is 21.8 Å². The molecule has 3 rings (SSSR count). The number of hydrogen-bond donors (Lipinski definition) is 1. The first-order valence-corrected chi connectivity index (χ1v) is 6.41. The molecule has 0 aliphatic heterocycles. The summed E-state index contributed by atoms with van der Waals surface area (Å²) >= 11 is 1.61. The highest BCUT2D eigenvalue weighted by molar-refractivity contribution is 7.13. The first kappa shape index (κ1) is 11.0. The second kappa shape index (κ2) is 4.27. The maximum Gasteiger partial charge on any atom is 0.124 e. The second-order valence-corrected chi connectivity index (χ2v) is 4.92. The molecule has 0 aliphatic rings. The summed E-state index contributed by atoms with van der Waals surface area (Å²) in [5, 5.41) is 7.16. The molecule has 0 radical (unpaired) electrons. The smallest absolute Gasteiger partial charge is 0.124 e. The lowest BCUT2D eigenvalue weighted by molar-refractivity contribution is 0.768. The van der Waals surface area contributed by atoms with Crippen LogP contribution >= 0.6 is 11.3 Å². The number of nitrogens with two attached hydrogens (primary N) is 1. The normalized spacial score (nSPS) is 10.7. The van der Waals surface area contributed by atoms with E-state index in [0.717, 1.165) is 27.5 Å². The predicted octanol–water partition coefficient (Wildman–Crippen LogP) is 2.79. The van der Waals surface area contributed by atoms with Gasteiger partial charge in [0.25, 0.3) is 0 Å². The van der Waals surface area contributed by atoms with Crippen molar-refractivity contribution in [3.05, 3.63) is 42.0 Å². The van der Waals surface area contributed by atoms with Crippen LogP contribution in [-0.2, 0) is 7.05 Å². The Bertz CT molecular complexity index is 684. The molecule has 0 fully saturated rings. The van der Waals surface area contributed by atoms with Crippen molar-refractivity contribution >= 4 is 17.0 Å². The molecule has 2 N–H and O–H groups in total. The molecule has 2 aromatic heterocycles. The number of nitrogen functional groups attached to an aromatic ring is 1. The number of aromatic nitrogens is 3. The maximum atomic E-state index is 5.78. The van der Waals surface area contributed by atoms with E-state index in [4.69, 9.17) is 5.73 Å². The molecule has 0 atom stereocenters. The fourth-order valence-electron chi connectivity index (χ4n) is 1.76. The first-order valence-electron chi connectivity index (χ1n) is 5.53. The molecule has 1 aromatic carbocycles. The Labute approximate surface area is 109 Å². The van der Waals surface area contributed by atoms with E-state index in [-0.39, 0.29) is 0 Å². The van der Waals surface area contributed by atoms with Crippen LogP contribution in [0.3, 0.4) is 0 Å². The van der Waals surface area contributed by atoms with Gasteiger partial charge in [-0.1, -0.05) is 12.1 Å². The van der Waals surface area contributed by atoms with Crippen LogP contribution in [0.5, 0.6) is 0 Å². The zero-order valence-corrected chi connectivity index (χ0v) is 10.7. The number of benzene rings is 1. The fourth-order valence-corrected chi connectivity index (χ4v) is 2.59. The van der Waals surface area contributed by atoms with Gasteiger partial charge in [-0.05, 0) is 12.1 Å². The van der Waals surface area contributed by atoms with Gasteiger partial charge in [0.1, 0.15) is 5.01 Å². The number of aryl methyl sites for hydroxylation is 1. The third kappa shape index (κ3) is 2.00. The van der Waals surface area contributed by atoms with Crippen molar-refractivity contribution < 1.29 is 0 Å². The van der Waals surface area contributed by atoms with Crippen molar-refractivity contribution in [2.24, 2.45) is 7.05 Å². The molecule has 0 aliphatic carbocycles. The van der Waals surface area contributed by atoms with Crippen molar-refractivity contribution in [1.82, 2.24) is 14.8 Å². The average Bonchev–Trinajstić information content (AvgIpc) is 2.97. The molecule has 0 spiro atoms. The number of thiazole rings is 1. The van der Waals surface area contributed by atoms with Crippen LogP contribution < -0.4 is 5.73 Å². The van der Waals surface area contributed by atoms with Gasteiger partial charge in [-0.2, -0.15) is 5.10 Å². The zero-order chi connectivity index (χ0) is 12.5. The van der Waals surface area contributed by atoms with Crippen LogP contribution in [0.15, 0.2) is 42.0 Å². The summed E-state index contributed by atoms with van der Waals surface area (Å²) in [6.07, 6.45) is 3.77. The Hall–Kier alpha value is -2.14. The number of nitrogens with zero attached hydrogens (tertiary/aromatic N) is 3. The monoisotopic (exact) mass is 256 g/mol. The summed E-state index contributed by atoms with van der Waals surface area (Å²) in [7, 11) is 1.90. The third-order valence-electron chi connectivity index (χ3n) is 2.64. The standard InChI is InChI=1S/C13H12N4S/c1-17-7-10(6-15-17)12-8-18-13(16-12)9-3-2-4-11(14)5-9/h2-8H,14H2,1H3. The van der Waals surface area contributed by atoms with E-state index >= 15 is 0 Å². The van der Waals surface area contributed by atoms with Gasteiger partial charge in [0.05, 0.1) is 11.9 Å². The lowest BCUT2D eigenvalue weighted by atomic mass is 10.2.